The first-order valence-corrected chi connectivity index (χ1v) is 6.81. The number of hydrogen-bond donors (Lipinski definition) is 1. The molecule has 0 saturated heterocycles. The van der Waals surface area contributed by atoms with E-state index in [0.29, 0.717) is 26.9 Å². The number of allylic oxidation sites excluding steroid dienone is 1. The molecule has 21 heavy (non-hydrogen) atoms. The van der Waals surface area contributed by atoms with Gasteiger partial charge in [-0.25, -0.2) is 0 Å². The summed E-state index contributed by atoms with van der Waals surface area (Å²) >= 11 is 11.8. The number of halogens is 2. The predicted octanol–water partition coefficient (Wildman–Crippen LogP) is 4.60. The minimum atomic E-state index is -0.244. The summed E-state index contributed by atoms with van der Waals surface area (Å²) in [7, 11) is 1.47. The maximum absolute atomic E-state index is 12.1. The zero-order valence-electron chi connectivity index (χ0n) is 11.1. The summed E-state index contributed by atoms with van der Waals surface area (Å²) in [4.78, 5) is 12.1. The van der Waals surface area contributed by atoms with Gasteiger partial charge in [0.05, 0.1) is 12.1 Å². The molecule has 0 heterocycles. The van der Waals surface area contributed by atoms with Gasteiger partial charge in [-0.1, -0.05) is 35.3 Å². The molecule has 0 saturated carbocycles. The Balaban J connectivity index is 2.20. The Kier molecular flexibility index (Phi) is 4.89. The van der Waals surface area contributed by atoms with Crippen LogP contribution in [0.1, 0.15) is 15.9 Å². The van der Waals surface area contributed by atoms with E-state index in [2.05, 4.69) is 0 Å². The van der Waals surface area contributed by atoms with Crippen molar-refractivity contribution in [2.24, 2.45) is 0 Å². The number of aromatic hydroxyl groups is 1. The fraction of sp³-hybridized carbons (Fsp3) is 0.0625. The zero-order valence-corrected chi connectivity index (χ0v) is 12.7. The van der Waals surface area contributed by atoms with Gasteiger partial charge in [-0.2, -0.15) is 0 Å². The van der Waals surface area contributed by atoms with Gasteiger partial charge in [-0.05, 0) is 42.0 Å². The van der Waals surface area contributed by atoms with Crippen LogP contribution in [0.15, 0.2) is 42.5 Å². The lowest BCUT2D eigenvalue weighted by Gasteiger charge is -2.03. The SMILES string of the molecule is COc1ccc(/C=C/C(=O)c2ccc(Cl)cc2Cl)cc1O. The van der Waals surface area contributed by atoms with Crippen LogP contribution in [0.2, 0.25) is 10.0 Å². The first-order chi connectivity index (χ1) is 10.0. The Morgan fingerprint density at radius 1 is 1.19 bits per heavy atom. The molecule has 0 radical (unpaired) electrons. The molecule has 0 aliphatic carbocycles. The number of ketones is 1. The van der Waals surface area contributed by atoms with Gasteiger partial charge in [0, 0.05) is 10.6 Å². The van der Waals surface area contributed by atoms with E-state index in [0.717, 1.165) is 0 Å². The number of ether oxygens (including phenoxy) is 1. The lowest BCUT2D eigenvalue weighted by atomic mass is 10.1. The second-order valence-corrected chi connectivity index (χ2v) is 5.10. The maximum atomic E-state index is 12.1. The minimum absolute atomic E-state index is 0.0108. The maximum Gasteiger partial charge on any atom is 0.187 e. The quantitative estimate of drug-likeness (QED) is 0.660. The Bertz CT molecular complexity index is 709. The first kappa shape index (κ1) is 15.4. The normalized spacial score (nSPS) is 10.8. The van der Waals surface area contributed by atoms with Crippen molar-refractivity contribution in [1.29, 1.82) is 0 Å². The van der Waals surface area contributed by atoms with Crippen molar-refractivity contribution in [2.75, 3.05) is 7.11 Å². The third-order valence-corrected chi connectivity index (χ3v) is 3.37. The lowest BCUT2D eigenvalue weighted by molar-refractivity contribution is 0.104. The topological polar surface area (TPSA) is 46.5 Å². The zero-order chi connectivity index (χ0) is 15.4. The van der Waals surface area contributed by atoms with Crippen LogP contribution >= 0.6 is 23.2 Å². The predicted molar refractivity (Wildman–Crippen MR) is 84.5 cm³/mol. The Morgan fingerprint density at radius 2 is 1.95 bits per heavy atom. The van der Waals surface area contributed by atoms with Gasteiger partial charge in [0.1, 0.15) is 0 Å². The minimum Gasteiger partial charge on any atom is -0.504 e. The highest BCUT2D eigenvalue weighted by Crippen LogP contribution is 2.27. The van der Waals surface area contributed by atoms with E-state index in [9.17, 15) is 9.90 Å². The van der Waals surface area contributed by atoms with E-state index >= 15 is 0 Å². The number of rotatable bonds is 4. The summed E-state index contributed by atoms with van der Waals surface area (Å²) in [5, 5.41) is 10.4. The molecule has 0 aliphatic rings. The molecule has 0 aliphatic heterocycles. The van der Waals surface area contributed by atoms with Gasteiger partial charge < -0.3 is 9.84 Å². The molecule has 1 N–H and O–H groups in total. The van der Waals surface area contributed by atoms with E-state index in [-0.39, 0.29) is 11.5 Å². The Morgan fingerprint density at radius 3 is 2.57 bits per heavy atom. The Hall–Kier alpha value is -1.97. The van der Waals surface area contributed by atoms with Crippen LogP contribution in [-0.2, 0) is 0 Å². The number of benzene rings is 2. The number of carbonyl (C=O) groups excluding carboxylic acids is 1. The van der Waals surface area contributed by atoms with Crippen molar-refractivity contribution >= 4 is 35.1 Å². The third-order valence-electron chi connectivity index (χ3n) is 2.83. The van der Waals surface area contributed by atoms with E-state index < -0.39 is 0 Å². The lowest BCUT2D eigenvalue weighted by Crippen LogP contribution is -1.95. The highest BCUT2D eigenvalue weighted by molar-refractivity contribution is 6.37. The van der Waals surface area contributed by atoms with Crippen LogP contribution < -0.4 is 4.74 Å². The first-order valence-electron chi connectivity index (χ1n) is 6.05. The molecule has 0 unspecified atom stereocenters. The number of carbonyl (C=O) groups is 1. The van der Waals surface area contributed by atoms with Gasteiger partial charge in [0.25, 0.3) is 0 Å². The summed E-state index contributed by atoms with van der Waals surface area (Å²) in [6.45, 7) is 0. The van der Waals surface area contributed by atoms with E-state index in [1.54, 1.807) is 30.3 Å². The van der Waals surface area contributed by atoms with Crippen LogP contribution in [0.25, 0.3) is 6.08 Å². The molecular weight excluding hydrogens is 311 g/mol. The van der Waals surface area contributed by atoms with Crippen molar-refractivity contribution in [3.8, 4) is 11.5 Å². The highest BCUT2D eigenvalue weighted by Gasteiger charge is 2.08. The van der Waals surface area contributed by atoms with Crippen molar-refractivity contribution in [2.45, 2.75) is 0 Å². The molecular formula is C16H12Cl2O3. The second-order valence-electron chi connectivity index (χ2n) is 4.25. The summed E-state index contributed by atoms with van der Waals surface area (Å²) in [6.07, 6.45) is 2.97. The van der Waals surface area contributed by atoms with Crippen LogP contribution in [-0.4, -0.2) is 18.0 Å². The molecule has 2 aromatic carbocycles. The second kappa shape index (κ2) is 6.66. The fourth-order valence-corrected chi connectivity index (χ4v) is 2.26. The molecule has 2 aromatic rings. The average Bonchev–Trinajstić information content (AvgIpc) is 2.45. The van der Waals surface area contributed by atoms with Crippen LogP contribution in [0.3, 0.4) is 0 Å². The summed E-state index contributed by atoms with van der Waals surface area (Å²) in [6, 6.07) is 9.55. The molecule has 5 heteroatoms. The van der Waals surface area contributed by atoms with Gasteiger partial charge in [0.2, 0.25) is 0 Å². The molecule has 2 rings (SSSR count). The summed E-state index contributed by atoms with van der Waals surface area (Å²) < 4.78 is 4.95. The van der Waals surface area contributed by atoms with Gasteiger partial charge >= 0.3 is 0 Å². The molecule has 0 bridgehead atoms. The summed E-state index contributed by atoms with van der Waals surface area (Å²) in [5.41, 5.74) is 1.04. The van der Waals surface area contributed by atoms with E-state index in [1.807, 2.05) is 0 Å². The number of phenols is 1. The van der Waals surface area contributed by atoms with Crippen LogP contribution in [0, 0.1) is 0 Å². The molecule has 0 atom stereocenters. The van der Waals surface area contributed by atoms with Gasteiger partial charge in [0.15, 0.2) is 17.3 Å². The average molecular weight is 323 g/mol. The molecule has 0 aromatic heterocycles. The van der Waals surface area contributed by atoms with Crippen molar-refractivity contribution < 1.29 is 14.6 Å². The van der Waals surface area contributed by atoms with Gasteiger partial charge in [-0.3, -0.25) is 4.79 Å². The monoisotopic (exact) mass is 322 g/mol. The number of hydrogen-bond acceptors (Lipinski definition) is 3. The highest BCUT2D eigenvalue weighted by atomic mass is 35.5. The van der Waals surface area contributed by atoms with Crippen molar-refractivity contribution in [1.82, 2.24) is 0 Å². The molecule has 0 amide bonds. The third kappa shape index (κ3) is 3.78. The van der Waals surface area contributed by atoms with Crippen LogP contribution in [0.4, 0.5) is 0 Å². The molecule has 3 nitrogen and oxygen atoms in total. The Labute approximate surface area is 132 Å². The number of methoxy groups -OCH3 is 1. The molecule has 0 spiro atoms. The smallest absolute Gasteiger partial charge is 0.187 e. The van der Waals surface area contributed by atoms with Gasteiger partial charge in [-0.15, -0.1) is 0 Å². The van der Waals surface area contributed by atoms with Crippen LogP contribution in [0.5, 0.6) is 11.5 Å². The number of phenolic OH excluding ortho intramolecular Hbond substituents is 1. The van der Waals surface area contributed by atoms with E-state index in [1.165, 1.54) is 25.3 Å². The van der Waals surface area contributed by atoms with Crippen molar-refractivity contribution in [3.05, 3.63) is 63.6 Å². The molecule has 0 fully saturated rings. The van der Waals surface area contributed by atoms with E-state index in [4.69, 9.17) is 27.9 Å². The van der Waals surface area contributed by atoms with Crippen molar-refractivity contribution in [3.63, 3.8) is 0 Å². The molecule has 108 valence electrons. The standard InChI is InChI=1S/C16H12Cl2O3/c1-21-16-7-3-10(8-15(16)20)2-6-14(19)12-5-4-11(17)9-13(12)18/h2-9,20H,1H3/b6-2+. The summed E-state index contributed by atoms with van der Waals surface area (Å²) in [5.74, 6) is 0.142. The largest absolute Gasteiger partial charge is 0.504 e. The fourth-order valence-electron chi connectivity index (χ4n) is 1.76.